The minimum Gasteiger partial charge on any atom is -0.343 e. The summed E-state index contributed by atoms with van der Waals surface area (Å²) in [5.74, 6) is -0.884. The quantitative estimate of drug-likeness (QED) is 0.589. The largest absolute Gasteiger partial charge is 0.343 e. The molecule has 2 fully saturated rings. The molecule has 1 aromatic carbocycles. The summed E-state index contributed by atoms with van der Waals surface area (Å²) >= 11 is 5.94. The van der Waals surface area contributed by atoms with Crippen LogP contribution in [0.1, 0.15) is 29.6 Å². The number of hydrogen-bond acceptors (Lipinski definition) is 5. The molecule has 26 heavy (non-hydrogen) atoms. The number of nitrogens with zero attached hydrogens (tertiary/aromatic N) is 2. The Hall–Kier alpha value is -1.90. The number of fused-ring (bicyclic) bond motifs is 2. The fourth-order valence-electron chi connectivity index (χ4n) is 3.61. The second-order valence-electron chi connectivity index (χ2n) is 6.25. The van der Waals surface area contributed by atoms with Gasteiger partial charge in [-0.2, -0.15) is 0 Å². The molecule has 0 aromatic heterocycles. The maximum absolute atomic E-state index is 12.6. The molecule has 0 aliphatic carbocycles. The smallest absolute Gasteiger partial charge is 0.283 e. The van der Waals surface area contributed by atoms with Gasteiger partial charge in [0.25, 0.3) is 11.6 Å². The van der Waals surface area contributed by atoms with Crippen LogP contribution in [-0.2, 0) is 4.79 Å². The fraction of sp³-hybridized carbons (Fsp3) is 0.500. The van der Waals surface area contributed by atoms with E-state index in [1.165, 1.54) is 18.2 Å². The van der Waals surface area contributed by atoms with Crippen LogP contribution in [0.15, 0.2) is 18.2 Å². The van der Waals surface area contributed by atoms with E-state index in [1.54, 1.807) is 0 Å². The second-order valence-corrected chi connectivity index (χ2v) is 6.66. The molecule has 0 saturated carbocycles. The van der Waals surface area contributed by atoms with Crippen LogP contribution in [0.3, 0.4) is 0 Å². The van der Waals surface area contributed by atoms with E-state index >= 15 is 0 Å². The fourth-order valence-corrected chi connectivity index (χ4v) is 3.87. The molecule has 2 aliphatic heterocycles. The Morgan fingerprint density at radius 1 is 1.31 bits per heavy atom. The van der Waals surface area contributed by atoms with Crippen LogP contribution < -0.4 is 10.6 Å². The highest BCUT2D eigenvalue weighted by Gasteiger charge is 2.38. The minimum atomic E-state index is -0.717. The van der Waals surface area contributed by atoms with Crippen molar-refractivity contribution < 1.29 is 14.5 Å². The third-order valence-corrected chi connectivity index (χ3v) is 5.07. The first-order valence-corrected chi connectivity index (χ1v) is 8.60. The predicted molar refractivity (Wildman–Crippen MR) is 98.8 cm³/mol. The maximum atomic E-state index is 12.6. The number of carbonyl (C=O) groups is 2. The molecule has 2 bridgehead atoms. The van der Waals surface area contributed by atoms with Gasteiger partial charge in [0.05, 0.1) is 16.5 Å². The molecule has 2 unspecified atom stereocenters. The molecule has 3 rings (SSSR count). The third-order valence-electron chi connectivity index (χ3n) is 4.76. The minimum absolute atomic E-state index is 0. The summed E-state index contributed by atoms with van der Waals surface area (Å²) in [6.07, 6.45) is 2.82. The molecular formula is C16H20Cl2N4O4. The molecule has 2 heterocycles. The number of halogens is 2. The highest BCUT2D eigenvalue weighted by molar-refractivity contribution is 6.34. The Morgan fingerprint density at radius 2 is 2.04 bits per heavy atom. The first-order valence-electron chi connectivity index (χ1n) is 8.22. The molecule has 2 saturated heterocycles. The van der Waals surface area contributed by atoms with E-state index in [4.69, 9.17) is 11.6 Å². The van der Waals surface area contributed by atoms with E-state index in [0.717, 1.165) is 32.4 Å². The first-order chi connectivity index (χ1) is 12.0. The summed E-state index contributed by atoms with van der Waals surface area (Å²) in [6, 6.07) is 4.37. The molecule has 0 radical (unpaired) electrons. The van der Waals surface area contributed by atoms with Gasteiger partial charge < -0.3 is 15.5 Å². The van der Waals surface area contributed by atoms with E-state index in [-0.39, 0.29) is 53.2 Å². The Kier molecular flexibility index (Phi) is 6.80. The van der Waals surface area contributed by atoms with Crippen molar-refractivity contribution in [3.8, 4) is 0 Å². The van der Waals surface area contributed by atoms with E-state index < -0.39 is 10.8 Å². The standard InChI is InChI=1S/C16H19ClN4O4.ClH/c17-12-2-1-3-13(21(24)25)15(12)16(23)19-9-14(22)20-10-4-5-11(20)8-18-7-6-10;/h1-3,10-11,18H,4-9H2,(H,19,23);1H. The average Bonchev–Trinajstić information content (AvgIpc) is 2.84. The zero-order valence-corrected chi connectivity index (χ0v) is 15.5. The van der Waals surface area contributed by atoms with Crippen molar-refractivity contribution in [2.24, 2.45) is 0 Å². The van der Waals surface area contributed by atoms with Crippen molar-refractivity contribution in [3.63, 3.8) is 0 Å². The lowest BCUT2D eigenvalue weighted by Gasteiger charge is -2.28. The van der Waals surface area contributed by atoms with Crippen molar-refractivity contribution >= 4 is 41.5 Å². The zero-order chi connectivity index (χ0) is 18.0. The Labute approximate surface area is 161 Å². The number of amides is 2. The summed E-state index contributed by atoms with van der Waals surface area (Å²) in [6.45, 7) is 1.43. The Bertz CT molecular complexity index is 701. The lowest BCUT2D eigenvalue weighted by atomic mass is 10.1. The van der Waals surface area contributed by atoms with Crippen LogP contribution in [0.25, 0.3) is 0 Å². The van der Waals surface area contributed by atoms with Gasteiger partial charge in [-0.15, -0.1) is 12.4 Å². The third kappa shape index (κ3) is 4.08. The highest BCUT2D eigenvalue weighted by Crippen LogP contribution is 2.28. The Balaban J connectivity index is 0.00000243. The first kappa shape index (κ1) is 20.4. The van der Waals surface area contributed by atoms with E-state index in [1.807, 2.05) is 4.90 Å². The zero-order valence-electron chi connectivity index (χ0n) is 13.9. The van der Waals surface area contributed by atoms with Gasteiger partial charge in [-0.05, 0) is 31.9 Å². The van der Waals surface area contributed by atoms with Crippen LogP contribution in [0, 0.1) is 10.1 Å². The summed E-state index contributed by atoms with van der Waals surface area (Å²) in [5, 5.41) is 16.9. The van der Waals surface area contributed by atoms with Crippen molar-refractivity contribution in [1.29, 1.82) is 0 Å². The molecule has 2 atom stereocenters. The van der Waals surface area contributed by atoms with Crippen LogP contribution in [-0.4, -0.2) is 53.4 Å². The van der Waals surface area contributed by atoms with Crippen LogP contribution in [0.5, 0.6) is 0 Å². The molecule has 8 nitrogen and oxygen atoms in total. The Morgan fingerprint density at radius 3 is 2.77 bits per heavy atom. The summed E-state index contributed by atoms with van der Waals surface area (Å²) in [4.78, 5) is 37.2. The van der Waals surface area contributed by atoms with Gasteiger partial charge in [0, 0.05) is 24.7 Å². The maximum Gasteiger partial charge on any atom is 0.283 e. The van der Waals surface area contributed by atoms with Crippen LogP contribution in [0.2, 0.25) is 5.02 Å². The van der Waals surface area contributed by atoms with Gasteiger partial charge in [0.1, 0.15) is 5.56 Å². The predicted octanol–water partition coefficient (Wildman–Crippen LogP) is 1.75. The van der Waals surface area contributed by atoms with Gasteiger partial charge in [0.2, 0.25) is 5.91 Å². The highest BCUT2D eigenvalue weighted by atomic mass is 35.5. The van der Waals surface area contributed by atoms with Crippen molar-refractivity contribution in [2.75, 3.05) is 19.6 Å². The number of rotatable bonds is 4. The number of hydrogen-bond donors (Lipinski definition) is 2. The summed E-state index contributed by atoms with van der Waals surface area (Å²) in [5.41, 5.74) is -0.598. The number of benzene rings is 1. The van der Waals surface area contributed by atoms with Gasteiger partial charge in [0.15, 0.2) is 0 Å². The topological polar surface area (TPSA) is 105 Å². The average molecular weight is 403 g/mol. The van der Waals surface area contributed by atoms with Crippen molar-refractivity contribution in [3.05, 3.63) is 38.9 Å². The molecule has 2 amide bonds. The SMILES string of the molecule is Cl.O=C(NCC(=O)N1C2CCNCC1CC2)c1c(Cl)cccc1[N+](=O)[O-]. The molecular weight excluding hydrogens is 383 g/mol. The van der Waals surface area contributed by atoms with E-state index in [0.29, 0.717) is 0 Å². The van der Waals surface area contributed by atoms with E-state index in [9.17, 15) is 19.7 Å². The van der Waals surface area contributed by atoms with Gasteiger partial charge in [-0.3, -0.25) is 19.7 Å². The molecule has 2 N–H and O–H groups in total. The summed E-state index contributed by atoms with van der Waals surface area (Å²) in [7, 11) is 0. The van der Waals surface area contributed by atoms with Crippen LogP contribution in [0.4, 0.5) is 5.69 Å². The lowest BCUT2D eigenvalue weighted by molar-refractivity contribution is -0.385. The number of nitro benzene ring substituents is 1. The molecule has 142 valence electrons. The molecule has 2 aliphatic rings. The number of nitro groups is 1. The number of carbonyl (C=O) groups excluding carboxylic acids is 2. The lowest BCUT2D eigenvalue weighted by Crippen LogP contribution is -2.47. The van der Waals surface area contributed by atoms with Crippen LogP contribution >= 0.6 is 24.0 Å². The van der Waals surface area contributed by atoms with Gasteiger partial charge in [-0.1, -0.05) is 17.7 Å². The normalized spacial score (nSPS) is 21.5. The molecule has 0 spiro atoms. The number of nitrogens with one attached hydrogen (secondary N) is 2. The monoisotopic (exact) mass is 402 g/mol. The van der Waals surface area contributed by atoms with Crippen molar-refractivity contribution in [1.82, 2.24) is 15.5 Å². The van der Waals surface area contributed by atoms with E-state index in [2.05, 4.69) is 10.6 Å². The van der Waals surface area contributed by atoms with Gasteiger partial charge in [-0.25, -0.2) is 0 Å². The van der Waals surface area contributed by atoms with Crippen molar-refractivity contribution in [2.45, 2.75) is 31.3 Å². The molecule has 1 aromatic rings. The van der Waals surface area contributed by atoms with Gasteiger partial charge >= 0.3 is 0 Å². The molecule has 10 heteroatoms. The summed E-state index contributed by atoms with van der Waals surface area (Å²) < 4.78 is 0. The second kappa shape index (κ2) is 8.66.